The van der Waals surface area contributed by atoms with Crippen molar-refractivity contribution in [3.8, 4) is 0 Å². The van der Waals surface area contributed by atoms with Crippen molar-refractivity contribution in [2.75, 3.05) is 6.54 Å². The number of hydrogen-bond acceptors (Lipinski definition) is 2. The Bertz CT molecular complexity index is 333. The van der Waals surface area contributed by atoms with E-state index in [-0.39, 0.29) is 23.6 Å². The number of aliphatic hydroxyl groups is 1. The zero-order valence-corrected chi connectivity index (χ0v) is 8.06. The van der Waals surface area contributed by atoms with Crippen LogP contribution in [-0.2, 0) is 0 Å². The number of aliphatic hydroxyl groups excluding tert-OH is 1. The van der Waals surface area contributed by atoms with Gasteiger partial charge in [-0.1, -0.05) is 11.6 Å². The summed E-state index contributed by atoms with van der Waals surface area (Å²) in [5.74, 6) is -1.48. The lowest BCUT2D eigenvalue weighted by atomic mass is 10.1. The van der Waals surface area contributed by atoms with E-state index in [9.17, 15) is 13.9 Å². The molecule has 0 amide bonds. The summed E-state index contributed by atoms with van der Waals surface area (Å²) in [6, 6.07) is 1.84. The van der Waals surface area contributed by atoms with Gasteiger partial charge in [-0.3, -0.25) is 0 Å². The molecule has 0 aliphatic heterocycles. The molecular formula is C9H10ClF2NO. The molecule has 2 nitrogen and oxygen atoms in total. The number of benzene rings is 1. The summed E-state index contributed by atoms with van der Waals surface area (Å²) in [7, 11) is 0. The highest BCUT2D eigenvalue weighted by Gasteiger charge is 2.18. The zero-order valence-electron chi connectivity index (χ0n) is 7.30. The Balaban J connectivity index is 3.11. The molecule has 0 heterocycles. The molecule has 78 valence electrons. The van der Waals surface area contributed by atoms with Crippen molar-refractivity contribution in [2.24, 2.45) is 5.73 Å². The van der Waals surface area contributed by atoms with Crippen LogP contribution < -0.4 is 5.73 Å². The fourth-order valence-corrected chi connectivity index (χ4v) is 1.43. The first-order valence-corrected chi connectivity index (χ1v) is 4.47. The number of halogens is 3. The smallest absolute Gasteiger partial charge is 0.142 e. The monoisotopic (exact) mass is 221 g/mol. The van der Waals surface area contributed by atoms with Gasteiger partial charge in [-0.05, 0) is 25.1 Å². The Morgan fingerprint density at radius 3 is 2.50 bits per heavy atom. The van der Waals surface area contributed by atoms with E-state index in [0.29, 0.717) is 0 Å². The van der Waals surface area contributed by atoms with Crippen molar-refractivity contribution in [3.05, 3.63) is 34.4 Å². The summed E-state index contributed by atoms with van der Waals surface area (Å²) in [6.45, 7) is 0.174. The van der Waals surface area contributed by atoms with E-state index < -0.39 is 17.7 Å². The largest absolute Gasteiger partial charge is 0.388 e. The van der Waals surface area contributed by atoms with Crippen LogP contribution in [0.4, 0.5) is 8.78 Å². The Morgan fingerprint density at radius 2 is 1.93 bits per heavy atom. The molecule has 5 heteroatoms. The lowest BCUT2D eigenvalue weighted by Gasteiger charge is -2.12. The van der Waals surface area contributed by atoms with Crippen molar-refractivity contribution in [2.45, 2.75) is 12.5 Å². The van der Waals surface area contributed by atoms with Crippen LogP contribution in [-0.4, -0.2) is 11.7 Å². The molecule has 0 saturated heterocycles. The normalized spacial score (nSPS) is 12.9. The molecule has 0 saturated carbocycles. The van der Waals surface area contributed by atoms with Crippen LogP contribution in [0.5, 0.6) is 0 Å². The van der Waals surface area contributed by atoms with Crippen LogP contribution in [0.25, 0.3) is 0 Å². The highest BCUT2D eigenvalue weighted by atomic mass is 35.5. The third-order valence-electron chi connectivity index (χ3n) is 1.85. The Kier molecular flexibility index (Phi) is 3.80. The number of hydrogen-bond donors (Lipinski definition) is 2. The van der Waals surface area contributed by atoms with Crippen molar-refractivity contribution in [1.29, 1.82) is 0 Å². The summed E-state index contributed by atoms with van der Waals surface area (Å²) < 4.78 is 26.1. The lowest BCUT2D eigenvalue weighted by molar-refractivity contribution is 0.165. The molecule has 0 unspecified atom stereocenters. The topological polar surface area (TPSA) is 46.2 Å². The molecule has 1 aromatic rings. The highest BCUT2D eigenvalue weighted by Crippen LogP contribution is 2.29. The molecule has 0 bridgehead atoms. The maximum absolute atomic E-state index is 13.2. The van der Waals surface area contributed by atoms with Gasteiger partial charge < -0.3 is 10.8 Å². The van der Waals surface area contributed by atoms with Crippen LogP contribution in [0.2, 0.25) is 5.02 Å². The van der Waals surface area contributed by atoms with Gasteiger partial charge in [0, 0.05) is 5.56 Å². The molecule has 1 aromatic carbocycles. The average Bonchev–Trinajstić information content (AvgIpc) is 2.13. The van der Waals surface area contributed by atoms with Crippen LogP contribution in [0.1, 0.15) is 18.1 Å². The fraction of sp³-hybridized carbons (Fsp3) is 0.333. The molecule has 0 radical (unpaired) electrons. The molecular weight excluding hydrogens is 212 g/mol. The molecule has 3 N–H and O–H groups in total. The van der Waals surface area contributed by atoms with Gasteiger partial charge in [0.2, 0.25) is 0 Å². The van der Waals surface area contributed by atoms with Gasteiger partial charge in [-0.25, -0.2) is 8.78 Å². The van der Waals surface area contributed by atoms with Crippen LogP contribution in [0.15, 0.2) is 12.1 Å². The maximum Gasteiger partial charge on any atom is 0.142 e. The predicted molar refractivity (Wildman–Crippen MR) is 50.0 cm³/mol. The number of rotatable bonds is 3. The second kappa shape index (κ2) is 4.68. The highest BCUT2D eigenvalue weighted by molar-refractivity contribution is 6.31. The van der Waals surface area contributed by atoms with E-state index >= 15 is 0 Å². The van der Waals surface area contributed by atoms with Gasteiger partial charge in [0.05, 0.1) is 11.1 Å². The minimum atomic E-state index is -1.16. The number of nitrogens with two attached hydrogens (primary N) is 1. The van der Waals surface area contributed by atoms with E-state index in [1.807, 2.05) is 0 Å². The summed E-state index contributed by atoms with van der Waals surface area (Å²) in [4.78, 5) is 0. The summed E-state index contributed by atoms with van der Waals surface area (Å²) >= 11 is 5.51. The second-order valence-corrected chi connectivity index (χ2v) is 3.23. The van der Waals surface area contributed by atoms with Crippen molar-refractivity contribution < 1.29 is 13.9 Å². The third kappa shape index (κ3) is 2.20. The molecule has 1 rings (SSSR count). The van der Waals surface area contributed by atoms with Gasteiger partial charge in [0.25, 0.3) is 0 Å². The summed E-state index contributed by atoms with van der Waals surface area (Å²) in [5.41, 5.74) is 4.96. The average molecular weight is 222 g/mol. The van der Waals surface area contributed by atoms with E-state index in [1.54, 1.807) is 0 Å². The van der Waals surface area contributed by atoms with Gasteiger partial charge in [0.1, 0.15) is 11.6 Å². The molecule has 0 aromatic heterocycles. The molecule has 1 atom stereocenters. The second-order valence-electron chi connectivity index (χ2n) is 2.85. The Morgan fingerprint density at radius 1 is 1.36 bits per heavy atom. The van der Waals surface area contributed by atoms with Gasteiger partial charge in [-0.15, -0.1) is 0 Å². The van der Waals surface area contributed by atoms with Gasteiger partial charge in [-0.2, -0.15) is 0 Å². The maximum atomic E-state index is 13.2. The predicted octanol–water partition coefficient (Wildman–Crippen LogP) is 2.00. The fourth-order valence-electron chi connectivity index (χ4n) is 1.15. The molecule has 0 fully saturated rings. The Hall–Kier alpha value is -0.710. The van der Waals surface area contributed by atoms with E-state index in [1.165, 1.54) is 0 Å². The molecule has 14 heavy (non-hydrogen) atoms. The van der Waals surface area contributed by atoms with E-state index in [4.69, 9.17) is 17.3 Å². The summed E-state index contributed by atoms with van der Waals surface area (Å²) in [6.07, 6.45) is -1.02. The first-order chi connectivity index (χ1) is 6.57. The van der Waals surface area contributed by atoms with Crippen LogP contribution in [0, 0.1) is 11.6 Å². The van der Waals surface area contributed by atoms with Gasteiger partial charge in [0.15, 0.2) is 0 Å². The third-order valence-corrected chi connectivity index (χ3v) is 2.24. The van der Waals surface area contributed by atoms with E-state index in [2.05, 4.69) is 0 Å². The quantitative estimate of drug-likeness (QED) is 0.767. The SMILES string of the molecule is NCC[C@H](O)c1c(F)ccc(F)c1Cl. The van der Waals surface area contributed by atoms with Crippen LogP contribution in [0.3, 0.4) is 0 Å². The molecule has 0 aliphatic carbocycles. The Labute approximate surface area is 85.3 Å². The minimum Gasteiger partial charge on any atom is -0.388 e. The van der Waals surface area contributed by atoms with Crippen LogP contribution >= 0.6 is 11.6 Å². The van der Waals surface area contributed by atoms with Crippen molar-refractivity contribution >= 4 is 11.6 Å². The molecule has 0 aliphatic rings. The lowest BCUT2D eigenvalue weighted by Crippen LogP contribution is -2.09. The first kappa shape index (κ1) is 11.4. The van der Waals surface area contributed by atoms with Gasteiger partial charge >= 0.3 is 0 Å². The standard InChI is InChI=1S/C9H10ClF2NO/c10-9-6(12)2-1-5(11)8(9)7(14)3-4-13/h1-2,7,14H,3-4,13H2/t7-/m0/s1. The molecule has 0 spiro atoms. The zero-order chi connectivity index (χ0) is 10.7. The summed E-state index contributed by atoms with van der Waals surface area (Å²) in [5, 5.41) is 9.05. The first-order valence-electron chi connectivity index (χ1n) is 4.09. The van der Waals surface area contributed by atoms with Crippen molar-refractivity contribution in [1.82, 2.24) is 0 Å². The van der Waals surface area contributed by atoms with Crippen molar-refractivity contribution in [3.63, 3.8) is 0 Å². The minimum absolute atomic E-state index is 0.139. The van der Waals surface area contributed by atoms with E-state index in [0.717, 1.165) is 12.1 Å².